The molecule has 0 aliphatic heterocycles. The zero-order valence-corrected chi connectivity index (χ0v) is 4.79. The Morgan fingerprint density at radius 1 is 1.67 bits per heavy atom. The highest BCUT2D eigenvalue weighted by atomic mass is 16.2. The van der Waals surface area contributed by atoms with Crippen molar-refractivity contribution in [1.82, 2.24) is 4.90 Å². The van der Waals surface area contributed by atoms with Crippen molar-refractivity contribution in [2.75, 3.05) is 0 Å². The molecule has 0 aliphatic carbocycles. The highest BCUT2D eigenvalue weighted by Crippen LogP contribution is 1.83. The topological polar surface area (TPSA) is 87.2 Å². The van der Waals surface area contributed by atoms with Crippen LogP contribution in [0.5, 0.6) is 0 Å². The molecule has 2 N–H and O–H groups in total. The van der Waals surface area contributed by atoms with Gasteiger partial charge >= 0.3 is 6.03 Å². The van der Waals surface area contributed by atoms with Crippen molar-refractivity contribution >= 4 is 11.9 Å². The molecule has 0 saturated heterocycles. The molecular weight excluding hydrogens is 122 g/mol. The lowest BCUT2D eigenvalue weighted by Crippen LogP contribution is -2.34. The first-order chi connectivity index (χ1) is 4.09. The highest BCUT2D eigenvalue weighted by molar-refractivity contribution is 5.94. The third kappa shape index (κ3) is 1.78. The Balaban J connectivity index is 4.22. The van der Waals surface area contributed by atoms with E-state index in [2.05, 4.69) is 5.73 Å². The van der Waals surface area contributed by atoms with E-state index >= 15 is 0 Å². The van der Waals surface area contributed by atoms with Gasteiger partial charge in [-0.1, -0.05) is 0 Å². The van der Waals surface area contributed by atoms with Gasteiger partial charge in [0.2, 0.25) is 5.91 Å². The third-order valence-corrected chi connectivity index (χ3v) is 0.635. The number of amides is 3. The van der Waals surface area contributed by atoms with E-state index in [1.54, 1.807) is 0 Å². The van der Waals surface area contributed by atoms with E-state index in [0.29, 0.717) is 0 Å². The zero-order chi connectivity index (χ0) is 7.44. The van der Waals surface area contributed by atoms with Gasteiger partial charge in [0.05, 0.1) is 0 Å². The molecule has 0 fully saturated rings. The molecule has 0 aromatic carbocycles. The molecule has 0 rings (SSSR count). The predicted octanol–water partition coefficient (Wildman–Crippen LogP) is -0.605. The van der Waals surface area contributed by atoms with Crippen LogP contribution in [0.1, 0.15) is 6.92 Å². The van der Waals surface area contributed by atoms with Crippen LogP contribution in [0.3, 0.4) is 0 Å². The van der Waals surface area contributed by atoms with Crippen LogP contribution in [0.4, 0.5) is 4.79 Å². The van der Waals surface area contributed by atoms with Crippen LogP contribution in [0.15, 0.2) is 0 Å². The van der Waals surface area contributed by atoms with Crippen LogP contribution in [0.2, 0.25) is 0 Å². The normalized spacial score (nSPS) is 7.56. The van der Waals surface area contributed by atoms with Crippen LogP contribution in [0, 0.1) is 11.5 Å². The Morgan fingerprint density at radius 3 is 2.11 bits per heavy atom. The van der Waals surface area contributed by atoms with Crippen molar-refractivity contribution in [2.45, 2.75) is 6.92 Å². The summed E-state index contributed by atoms with van der Waals surface area (Å²) in [5.74, 6) is -0.676. The molecule has 0 unspecified atom stereocenters. The number of hydrogen-bond donors (Lipinski definition) is 1. The lowest BCUT2D eigenvalue weighted by molar-refractivity contribution is -0.123. The summed E-state index contributed by atoms with van der Waals surface area (Å²) in [5, 5.41) is 8.02. The summed E-state index contributed by atoms with van der Waals surface area (Å²) in [5.41, 5.74) is 4.59. The maximum atomic E-state index is 10.2. The summed E-state index contributed by atoms with van der Waals surface area (Å²) in [6.45, 7) is 1.08. The van der Waals surface area contributed by atoms with Crippen LogP contribution in [-0.2, 0) is 4.79 Å². The summed E-state index contributed by atoms with van der Waals surface area (Å²) < 4.78 is 0. The quantitative estimate of drug-likeness (QED) is 0.348. The number of nitrogens with two attached hydrogens (primary N) is 1. The fraction of sp³-hybridized carbons (Fsp3) is 0.250. The number of nitriles is 1. The monoisotopic (exact) mass is 127 g/mol. The van der Waals surface area contributed by atoms with Gasteiger partial charge in [-0.25, -0.2) is 4.79 Å². The van der Waals surface area contributed by atoms with Crippen molar-refractivity contribution in [3.8, 4) is 6.19 Å². The maximum Gasteiger partial charge on any atom is 0.335 e. The first kappa shape index (κ1) is 7.43. The molecule has 0 aliphatic rings. The number of carbonyl (C=O) groups excluding carboxylic acids is 2. The molecular formula is C4H5N3O2. The molecule has 48 valence electrons. The molecule has 0 aromatic rings. The molecule has 0 saturated carbocycles. The molecule has 3 amide bonds. The zero-order valence-electron chi connectivity index (χ0n) is 4.79. The van der Waals surface area contributed by atoms with Crippen LogP contribution in [0.25, 0.3) is 0 Å². The van der Waals surface area contributed by atoms with E-state index in [1.165, 1.54) is 6.19 Å². The van der Waals surface area contributed by atoms with Crippen molar-refractivity contribution < 1.29 is 9.59 Å². The standard InChI is InChI=1S/C4H5N3O2/c1-3(8)7(2-5)4(6)9/h1H3,(H2,6,9). The first-order valence-corrected chi connectivity index (χ1v) is 2.09. The van der Waals surface area contributed by atoms with Crippen LogP contribution >= 0.6 is 0 Å². The van der Waals surface area contributed by atoms with E-state index in [9.17, 15) is 9.59 Å². The lowest BCUT2D eigenvalue weighted by Gasteiger charge is -2.01. The number of urea groups is 1. The molecule has 0 atom stereocenters. The number of nitrogens with zero attached hydrogens (tertiary/aromatic N) is 2. The fourth-order valence-electron chi connectivity index (χ4n) is 0.275. The molecule has 0 bridgehead atoms. The summed E-state index contributed by atoms with van der Waals surface area (Å²) in [6, 6.07) is -1.05. The van der Waals surface area contributed by atoms with Gasteiger partial charge < -0.3 is 5.73 Å². The van der Waals surface area contributed by atoms with E-state index in [-0.39, 0.29) is 4.90 Å². The molecule has 0 radical (unpaired) electrons. The number of hydrogen-bond acceptors (Lipinski definition) is 3. The van der Waals surface area contributed by atoms with Gasteiger partial charge in [-0.3, -0.25) is 4.79 Å². The smallest absolute Gasteiger partial charge is 0.335 e. The van der Waals surface area contributed by atoms with Gasteiger partial charge in [0.1, 0.15) is 0 Å². The summed E-state index contributed by atoms with van der Waals surface area (Å²) in [6.07, 6.45) is 1.31. The van der Waals surface area contributed by atoms with E-state index in [0.717, 1.165) is 6.92 Å². The Labute approximate surface area is 51.6 Å². The molecule has 0 spiro atoms. The average molecular weight is 127 g/mol. The number of primary amides is 1. The Hall–Kier alpha value is -1.57. The lowest BCUT2D eigenvalue weighted by atomic mass is 10.6. The summed E-state index contributed by atoms with van der Waals surface area (Å²) >= 11 is 0. The number of imide groups is 1. The van der Waals surface area contributed by atoms with E-state index in [1.807, 2.05) is 0 Å². The van der Waals surface area contributed by atoms with Gasteiger partial charge in [0.15, 0.2) is 6.19 Å². The fourth-order valence-corrected chi connectivity index (χ4v) is 0.275. The Morgan fingerprint density at radius 2 is 2.11 bits per heavy atom. The first-order valence-electron chi connectivity index (χ1n) is 2.09. The van der Waals surface area contributed by atoms with Gasteiger partial charge in [-0.2, -0.15) is 10.2 Å². The number of carbonyl (C=O) groups is 2. The minimum atomic E-state index is -1.05. The molecule has 0 aromatic heterocycles. The van der Waals surface area contributed by atoms with Gasteiger partial charge in [0, 0.05) is 6.92 Å². The van der Waals surface area contributed by atoms with Crippen LogP contribution < -0.4 is 5.73 Å². The van der Waals surface area contributed by atoms with Crippen molar-refractivity contribution in [3.05, 3.63) is 0 Å². The van der Waals surface area contributed by atoms with E-state index in [4.69, 9.17) is 5.26 Å². The SMILES string of the molecule is CC(=O)N(C#N)C(N)=O. The molecule has 9 heavy (non-hydrogen) atoms. The second-order valence-electron chi connectivity index (χ2n) is 1.29. The van der Waals surface area contributed by atoms with Crippen molar-refractivity contribution in [1.29, 1.82) is 5.26 Å². The van der Waals surface area contributed by atoms with Crippen molar-refractivity contribution in [3.63, 3.8) is 0 Å². The third-order valence-electron chi connectivity index (χ3n) is 0.635. The Kier molecular flexibility index (Phi) is 2.20. The summed E-state index contributed by atoms with van der Waals surface area (Å²) in [7, 11) is 0. The number of rotatable bonds is 0. The van der Waals surface area contributed by atoms with Gasteiger partial charge in [-0.15, -0.1) is 0 Å². The van der Waals surface area contributed by atoms with Crippen LogP contribution in [-0.4, -0.2) is 16.8 Å². The second kappa shape index (κ2) is 2.67. The minimum absolute atomic E-state index is 0.264. The van der Waals surface area contributed by atoms with Gasteiger partial charge in [-0.05, 0) is 0 Å². The Bertz CT molecular complexity index is 167. The van der Waals surface area contributed by atoms with E-state index < -0.39 is 11.9 Å². The highest BCUT2D eigenvalue weighted by Gasteiger charge is 2.11. The minimum Gasteiger partial charge on any atom is -0.350 e. The summed E-state index contributed by atoms with van der Waals surface area (Å²) in [4.78, 5) is 20.6. The second-order valence-corrected chi connectivity index (χ2v) is 1.29. The van der Waals surface area contributed by atoms with Crippen molar-refractivity contribution in [2.24, 2.45) is 5.73 Å². The predicted molar refractivity (Wildman–Crippen MR) is 27.7 cm³/mol. The largest absolute Gasteiger partial charge is 0.350 e. The molecule has 0 heterocycles. The molecule has 5 nitrogen and oxygen atoms in total. The molecule has 5 heteroatoms. The van der Waals surface area contributed by atoms with Gasteiger partial charge in [0.25, 0.3) is 0 Å². The average Bonchev–Trinajstić information content (AvgIpc) is 1.64. The maximum absolute atomic E-state index is 10.2.